The van der Waals surface area contributed by atoms with Crippen molar-refractivity contribution in [3.63, 3.8) is 0 Å². The van der Waals surface area contributed by atoms with Crippen LogP contribution in [0, 0.1) is 0 Å². The van der Waals surface area contributed by atoms with Crippen molar-refractivity contribution in [3.8, 4) is 0 Å². The van der Waals surface area contributed by atoms with E-state index in [2.05, 4.69) is 9.97 Å². The van der Waals surface area contributed by atoms with Crippen molar-refractivity contribution >= 4 is 17.7 Å². The first-order valence-corrected chi connectivity index (χ1v) is 6.42. The molecule has 0 spiro atoms. The summed E-state index contributed by atoms with van der Waals surface area (Å²) < 4.78 is 0. The molecule has 0 fully saturated rings. The van der Waals surface area contributed by atoms with Gasteiger partial charge in [0.05, 0.1) is 6.42 Å². The molecule has 0 radical (unpaired) electrons. The molecule has 18 heavy (non-hydrogen) atoms. The SMILES string of the molecule is O=C(O)Cc1ccccc1CSc1ncccn1. The first kappa shape index (κ1) is 12.6. The fourth-order valence-corrected chi connectivity index (χ4v) is 2.37. The van der Waals surface area contributed by atoms with Crippen LogP contribution in [-0.2, 0) is 17.0 Å². The van der Waals surface area contributed by atoms with Crippen molar-refractivity contribution in [2.24, 2.45) is 0 Å². The van der Waals surface area contributed by atoms with Gasteiger partial charge in [-0.25, -0.2) is 9.97 Å². The maximum atomic E-state index is 10.8. The second kappa shape index (κ2) is 6.16. The molecule has 0 aliphatic heterocycles. The van der Waals surface area contributed by atoms with Crippen molar-refractivity contribution in [2.45, 2.75) is 17.3 Å². The van der Waals surface area contributed by atoms with Crippen molar-refractivity contribution < 1.29 is 9.90 Å². The highest BCUT2D eigenvalue weighted by atomic mass is 32.2. The van der Waals surface area contributed by atoms with Gasteiger partial charge in [0, 0.05) is 18.1 Å². The Balaban J connectivity index is 2.07. The summed E-state index contributed by atoms with van der Waals surface area (Å²) in [6, 6.07) is 9.31. The molecule has 92 valence electrons. The van der Waals surface area contributed by atoms with E-state index >= 15 is 0 Å². The van der Waals surface area contributed by atoms with Crippen molar-refractivity contribution in [1.29, 1.82) is 0 Å². The standard InChI is InChI=1S/C13H12N2O2S/c16-12(17)8-10-4-1-2-5-11(10)9-18-13-14-6-3-7-15-13/h1-7H,8-9H2,(H,16,17). The molecule has 0 bridgehead atoms. The van der Waals surface area contributed by atoms with Gasteiger partial charge < -0.3 is 5.11 Å². The van der Waals surface area contributed by atoms with E-state index in [1.54, 1.807) is 18.5 Å². The maximum Gasteiger partial charge on any atom is 0.307 e. The van der Waals surface area contributed by atoms with Gasteiger partial charge in [0.1, 0.15) is 0 Å². The molecule has 4 nitrogen and oxygen atoms in total. The Morgan fingerprint density at radius 2 is 1.78 bits per heavy atom. The average Bonchev–Trinajstić information content (AvgIpc) is 2.38. The van der Waals surface area contributed by atoms with E-state index < -0.39 is 5.97 Å². The molecule has 2 rings (SSSR count). The summed E-state index contributed by atoms with van der Waals surface area (Å²) in [6.07, 6.45) is 3.43. The number of nitrogens with zero attached hydrogens (tertiary/aromatic N) is 2. The Morgan fingerprint density at radius 1 is 1.11 bits per heavy atom. The summed E-state index contributed by atoms with van der Waals surface area (Å²) in [5.41, 5.74) is 1.85. The number of aromatic nitrogens is 2. The van der Waals surface area contributed by atoms with Gasteiger partial charge in [-0.15, -0.1) is 0 Å². The predicted octanol–water partition coefficient (Wildman–Crippen LogP) is 2.40. The molecule has 1 aromatic heterocycles. The summed E-state index contributed by atoms with van der Waals surface area (Å²) in [5.74, 6) is -0.142. The number of carboxylic acid groups (broad SMARTS) is 1. The molecule has 1 N–H and O–H groups in total. The topological polar surface area (TPSA) is 63.1 Å². The Labute approximate surface area is 109 Å². The molecular formula is C13H12N2O2S. The van der Waals surface area contributed by atoms with Crippen molar-refractivity contribution in [1.82, 2.24) is 9.97 Å². The highest BCUT2D eigenvalue weighted by Gasteiger charge is 2.07. The lowest BCUT2D eigenvalue weighted by Crippen LogP contribution is -2.03. The minimum Gasteiger partial charge on any atom is -0.481 e. The van der Waals surface area contributed by atoms with E-state index in [1.807, 2.05) is 24.3 Å². The van der Waals surface area contributed by atoms with Crippen LogP contribution >= 0.6 is 11.8 Å². The lowest BCUT2D eigenvalue weighted by atomic mass is 10.1. The van der Waals surface area contributed by atoms with Crippen LogP contribution in [0.5, 0.6) is 0 Å². The largest absolute Gasteiger partial charge is 0.481 e. The molecule has 0 amide bonds. The molecule has 0 atom stereocenters. The van der Waals surface area contributed by atoms with Gasteiger partial charge >= 0.3 is 5.97 Å². The highest BCUT2D eigenvalue weighted by Crippen LogP contribution is 2.21. The number of rotatable bonds is 5. The maximum absolute atomic E-state index is 10.8. The van der Waals surface area contributed by atoms with Crippen LogP contribution in [0.3, 0.4) is 0 Å². The third-order valence-electron chi connectivity index (χ3n) is 2.36. The lowest BCUT2D eigenvalue weighted by molar-refractivity contribution is -0.136. The van der Waals surface area contributed by atoms with Gasteiger partial charge in [0.25, 0.3) is 0 Å². The second-order valence-corrected chi connectivity index (χ2v) is 4.60. The number of carbonyl (C=O) groups is 1. The van der Waals surface area contributed by atoms with Gasteiger partial charge in [-0.05, 0) is 17.2 Å². The average molecular weight is 260 g/mol. The number of hydrogen-bond donors (Lipinski definition) is 1. The number of thioether (sulfide) groups is 1. The molecule has 0 saturated heterocycles. The number of benzene rings is 1. The van der Waals surface area contributed by atoms with Crippen molar-refractivity contribution in [3.05, 3.63) is 53.9 Å². The molecule has 0 aliphatic carbocycles. The minimum absolute atomic E-state index is 0.0480. The van der Waals surface area contributed by atoms with Gasteiger partial charge in [-0.2, -0.15) is 0 Å². The van der Waals surface area contributed by atoms with Crippen LogP contribution in [0.25, 0.3) is 0 Å². The zero-order valence-corrected chi connectivity index (χ0v) is 10.4. The van der Waals surface area contributed by atoms with Gasteiger partial charge in [-0.3, -0.25) is 4.79 Å². The monoisotopic (exact) mass is 260 g/mol. The van der Waals surface area contributed by atoms with Crippen LogP contribution in [0.2, 0.25) is 0 Å². The Kier molecular flexibility index (Phi) is 4.30. The number of hydrogen-bond acceptors (Lipinski definition) is 4. The van der Waals surface area contributed by atoms with Gasteiger partial charge in [0.15, 0.2) is 5.16 Å². The first-order chi connectivity index (χ1) is 8.75. The zero-order chi connectivity index (χ0) is 12.8. The van der Waals surface area contributed by atoms with E-state index in [9.17, 15) is 4.79 Å². The molecule has 1 heterocycles. The third kappa shape index (κ3) is 3.56. The quantitative estimate of drug-likeness (QED) is 0.660. The van der Waals surface area contributed by atoms with Crippen LogP contribution in [-0.4, -0.2) is 21.0 Å². The Hall–Kier alpha value is -1.88. The number of carboxylic acids is 1. The minimum atomic E-state index is -0.816. The van der Waals surface area contributed by atoms with E-state index in [4.69, 9.17) is 5.11 Å². The molecule has 0 saturated carbocycles. The van der Waals surface area contributed by atoms with Gasteiger partial charge in [-0.1, -0.05) is 36.0 Å². The van der Waals surface area contributed by atoms with Crippen LogP contribution in [0.4, 0.5) is 0 Å². The normalized spacial score (nSPS) is 10.2. The summed E-state index contributed by atoms with van der Waals surface area (Å²) in [4.78, 5) is 19.0. The van der Waals surface area contributed by atoms with Crippen molar-refractivity contribution in [2.75, 3.05) is 0 Å². The Bertz CT molecular complexity index is 532. The summed E-state index contributed by atoms with van der Waals surface area (Å²) in [6.45, 7) is 0. The summed E-state index contributed by atoms with van der Waals surface area (Å²) in [7, 11) is 0. The summed E-state index contributed by atoms with van der Waals surface area (Å²) >= 11 is 1.50. The lowest BCUT2D eigenvalue weighted by Gasteiger charge is -2.06. The first-order valence-electron chi connectivity index (χ1n) is 5.44. The third-order valence-corrected chi connectivity index (χ3v) is 3.28. The van der Waals surface area contributed by atoms with E-state index in [-0.39, 0.29) is 6.42 Å². The van der Waals surface area contributed by atoms with Crippen LogP contribution in [0.15, 0.2) is 47.9 Å². The molecule has 2 aromatic rings. The molecular weight excluding hydrogens is 248 g/mol. The predicted molar refractivity (Wildman–Crippen MR) is 69.4 cm³/mol. The van der Waals surface area contributed by atoms with E-state index in [0.717, 1.165) is 11.1 Å². The summed E-state index contributed by atoms with van der Waals surface area (Å²) in [5, 5.41) is 9.54. The van der Waals surface area contributed by atoms with Crippen LogP contribution < -0.4 is 0 Å². The van der Waals surface area contributed by atoms with Gasteiger partial charge in [0.2, 0.25) is 0 Å². The van der Waals surface area contributed by atoms with E-state index in [0.29, 0.717) is 10.9 Å². The second-order valence-electron chi connectivity index (χ2n) is 3.66. The molecule has 0 aliphatic rings. The fraction of sp³-hybridized carbons (Fsp3) is 0.154. The molecule has 5 heteroatoms. The van der Waals surface area contributed by atoms with Crippen LogP contribution in [0.1, 0.15) is 11.1 Å². The molecule has 1 aromatic carbocycles. The smallest absolute Gasteiger partial charge is 0.307 e. The number of aliphatic carboxylic acids is 1. The molecule has 0 unspecified atom stereocenters. The zero-order valence-electron chi connectivity index (χ0n) is 9.61. The highest BCUT2D eigenvalue weighted by molar-refractivity contribution is 7.98. The Morgan fingerprint density at radius 3 is 2.44 bits per heavy atom. The van der Waals surface area contributed by atoms with E-state index in [1.165, 1.54) is 11.8 Å². The fourth-order valence-electron chi connectivity index (χ4n) is 1.54.